The largest absolute Gasteiger partial charge is 0.443 e. The van der Waals surface area contributed by atoms with Crippen molar-refractivity contribution >= 4 is 46.1 Å². The van der Waals surface area contributed by atoms with E-state index in [1.165, 1.54) is 11.0 Å². The number of benzene rings is 2. The molecule has 3 rings (SSSR count). The Morgan fingerprint density at radius 2 is 1.93 bits per heavy atom. The summed E-state index contributed by atoms with van der Waals surface area (Å²) in [7, 11) is 0. The first-order valence-electron chi connectivity index (χ1n) is 9.20. The molecule has 0 spiro atoms. The van der Waals surface area contributed by atoms with E-state index in [0.717, 1.165) is 16.7 Å². The van der Waals surface area contributed by atoms with E-state index in [-0.39, 0.29) is 33.6 Å². The standard InChI is InChI=1S/C21H20Cl2FN3O3/c1-5-26(20(29)30-21(2,3)4)19-25-16-8-6-7-15(23)17(16)18(28)27(19)14-10-12(22)9-13(24)11-14/h6-11H,5H2,1-4H3. The van der Waals surface area contributed by atoms with E-state index in [2.05, 4.69) is 4.98 Å². The molecular formula is C21H20Cl2FN3O3. The second-order valence-electron chi connectivity index (χ2n) is 7.54. The number of ether oxygens (including phenoxy) is 1. The van der Waals surface area contributed by atoms with E-state index in [1.807, 2.05) is 0 Å². The molecule has 0 bridgehead atoms. The van der Waals surface area contributed by atoms with Crippen LogP contribution >= 0.6 is 23.2 Å². The molecule has 1 amide bonds. The first-order chi connectivity index (χ1) is 14.0. The summed E-state index contributed by atoms with van der Waals surface area (Å²) in [5.41, 5.74) is -0.929. The number of fused-ring (bicyclic) bond motifs is 1. The van der Waals surface area contributed by atoms with Crippen molar-refractivity contribution in [2.24, 2.45) is 0 Å². The quantitative estimate of drug-likeness (QED) is 0.520. The molecule has 0 N–H and O–H groups in total. The Kier molecular flexibility index (Phi) is 6.06. The Bertz CT molecular complexity index is 1170. The van der Waals surface area contributed by atoms with E-state index in [1.54, 1.807) is 45.9 Å². The van der Waals surface area contributed by atoms with E-state index in [9.17, 15) is 14.0 Å². The van der Waals surface area contributed by atoms with Gasteiger partial charge in [-0.3, -0.25) is 4.79 Å². The molecule has 2 aromatic carbocycles. The van der Waals surface area contributed by atoms with Gasteiger partial charge in [0.15, 0.2) is 0 Å². The summed E-state index contributed by atoms with van der Waals surface area (Å²) < 4.78 is 20.7. The van der Waals surface area contributed by atoms with Crippen LogP contribution < -0.4 is 10.5 Å². The van der Waals surface area contributed by atoms with Crippen LogP contribution in [-0.2, 0) is 4.74 Å². The Balaban J connectivity index is 2.37. The molecule has 0 saturated heterocycles. The molecule has 158 valence electrons. The first-order valence-corrected chi connectivity index (χ1v) is 9.95. The molecule has 0 aliphatic heterocycles. The molecule has 0 unspecified atom stereocenters. The fourth-order valence-corrected chi connectivity index (χ4v) is 3.40. The Hall–Kier alpha value is -2.64. The van der Waals surface area contributed by atoms with E-state index < -0.39 is 23.1 Å². The van der Waals surface area contributed by atoms with Gasteiger partial charge in [0.2, 0.25) is 5.95 Å². The maximum absolute atomic E-state index is 14.1. The van der Waals surface area contributed by atoms with Gasteiger partial charge in [-0.05, 0) is 58.0 Å². The number of carbonyl (C=O) groups is 1. The fraction of sp³-hybridized carbons (Fsp3) is 0.286. The molecule has 0 radical (unpaired) electrons. The van der Waals surface area contributed by atoms with Crippen LogP contribution in [0.1, 0.15) is 27.7 Å². The monoisotopic (exact) mass is 451 g/mol. The van der Waals surface area contributed by atoms with Gasteiger partial charge < -0.3 is 4.74 Å². The third-order valence-corrected chi connectivity index (χ3v) is 4.64. The van der Waals surface area contributed by atoms with Crippen molar-refractivity contribution in [2.75, 3.05) is 11.4 Å². The van der Waals surface area contributed by atoms with Gasteiger partial charge in [-0.25, -0.2) is 23.6 Å². The lowest BCUT2D eigenvalue weighted by Gasteiger charge is -2.27. The summed E-state index contributed by atoms with van der Waals surface area (Å²) in [6.07, 6.45) is -0.700. The molecule has 0 aliphatic rings. The maximum atomic E-state index is 14.1. The van der Waals surface area contributed by atoms with Crippen LogP contribution in [0.5, 0.6) is 0 Å². The zero-order chi connectivity index (χ0) is 22.2. The number of hydrogen-bond donors (Lipinski definition) is 0. The molecule has 30 heavy (non-hydrogen) atoms. The lowest BCUT2D eigenvalue weighted by atomic mass is 10.2. The number of anilines is 1. The van der Waals surface area contributed by atoms with Gasteiger partial charge in [0.1, 0.15) is 11.4 Å². The molecule has 0 fully saturated rings. The van der Waals surface area contributed by atoms with Crippen LogP contribution in [0.3, 0.4) is 0 Å². The molecular weight excluding hydrogens is 432 g/mol. The van der Waals surface area contributed by atoms with Crippen molar-refractivity contribution in [1.29, 1.82) is 0 Å². The van der Waals surface area contributed by atoms with Gasteiger partial charge in [-0.2, -0.15) is 0 Å². The minimum absolute atomic E-state index is 0.0341. The Labute approximate surface area is 182 Å². The van der Waals surface area contributed by atoms with Crippen molar-refractivity contribution in [1.82, 2.24) is 9.55 Å². The average Bonchev–Trinajstić information content (AvgIpc) is 2.59. The number of nitrogens with zero attached hydrogens (tertiary/aromatic N) is 3. The minimum atomic E-state index is -0.766. The van der Waals surface area contributed by atoms with Crippen LogP contribution in [-0.4, -0.2) is 27.8 Å². The predicted octanol–water partition coefficient (Wildman–Crippen LogP) is 5.59. The summed E-state index contributed by atoms with van der Waals surface area (Å²) in [4.78, 5) is 32.0. The summed E-state index contributed by atoms with van der Waals surface area (Å²) >= 11 is 12.3. The molecule has 3 aromatic rings. The van der Waals surface area contributed by atoms with E-state index >= 15 is 0 Å². The van der Waals surface area contributed by atoms with Crippen molar-refractivity contribution in [2.45, 2.75) is 33.3 Å². The number of amides is 1. The SMILES string of the molecule is CCN(C(=O)OC(C)(C)C)c1nc2cccc(Cl)c2c(=O)n1-c1cc(F)cc(Cl)c1. The first kappa shape index (κ1) is 22.1. The third kappa shape index (κ3) is 4.42. The number of aromatic nitrogens is 2. The van der Waals surface area contributed by atoms with Gasteiger partial charge >= 0.3 is 6.09 Å². The normalized spacial score (nSPS) is 11.6. The lowest BCUT2D eigenvalue weighted by molar-refractivity contribution is 0.0579. The smallest absolute Gasteiger partial charge is 0.417 e. The summed E-state index contributed by atoms with van der Waals surface area (Å²) in [6.45, 7) is 7.04. The second kappa shape index (κ2) is 8.24. The number of rotatable bonds is 3. The van der Waals surface area contributed by atoms with E-state index in [4.69, 9.17) is 27.9 Å². The predicted molar refractivity (Wildman–Crippen MR) is 117 cm³/mol. The molecule has 0 aliphatic carbocycles. The topological polar surface area (TPSA) is 64.4 Å². The average molecular weight is 452 g/mol. The highest BCUT2D eigenvalue weighted by atomic mass is 35.5. The van der Waals surface area contributed by atoms with Gasteiger partial charge in [0.05, 0.1) is 21.6 Å². The highest BCUT2D eigenvalue weighted by Crippen LogP contribution is 2.26. The Morgan fingerprint density at radius 1 is 1.23 bits per heavy atom. The number of halogens is 3. The summed E-state index contributed by atoms with van der Waals surface area (Å²) in [5.74, 6) is -0.678. The molecule has 0 saturated carbocycles. The van der Waals surface area contributed by atoms with Gasteiger partial charge in [-0.1, -0.05) is 29.3 Å². The van der Waals surface area contributed by atoms with Crippen LogP contribution in [0.2, 0.25) is 10.0 Å². The molecule has 1 heterocycles. The second-order valence-corrected chi connectivity index (χ2v) is 8.38. The van der Waals surface area contributed by atoms with Crippen molar-refractivity contribution < 1.29 is 13.9 Å². The van der Waals surface area contributed by atoms with Gasteiger partial charge in [0, 0.05) is 11.6 Å². The van der Waals surface area contributed by atoms with Crippen LogP contribution in [0.4, 0.5) is 15.1 Å². The zero-order valence-corrected chi connectivity index (χ0v) is 18.4. The summed E-state index contributed by atoms with van der Waals surface area (Å²) in [5, 5.41) is 0.416. The highest BCUT2D eigenvalue weighted by molar-refractivity contribution is 6.35. The minimum Gasteiger partial charge on any atom is -0.443 e. The molecule has 6 nitrogen and oxygen atoms in total. The fourth-order valence-electron chi connectivity index (χ4n) is 2.93. The zero-order valence-electron chi connectivity index (χ0n) is 16.9. The van der Waals surface area contributed by atoms with Crippen LogP contribution in [0.25, 0.3) is 16.6 Å². The number of hydrogen-bond acceptors (Lipinski definition) is 4. The van der Waals surface area contributed by atoms with Crippen molar-refractivity contribution in [3.8, 4) is 5.69 Å². The van der Waals surface area contributed by atoms with Gasteiger partial charge in [0.25, 0.3) is 5.56 Å². The maximum Gasteiger partial charge on any atom is 0.417 e. The highest BCUT2D eigenvalue weighted by Gasteiger charge is 2.27. The lowest BCUT2D eigenvalue weighted by Crippen LogP contribution is -2.40. The Morgan fingerprint density at radius 3 is 2.53 bits per heavy atom. The molecule has 0 atom stereocenters. The van der Waals surface area contributed by atoms with Crippen LogP contribution in [0.15, 0.2) is 41.2 Å². The van der Waals surface area contributed by atoms with Crippen LogP contribution in [0, 0.1) is 5.82 Å². The van der Waals surface area contributed by atoms with Gasteiger partial charge in [-0.15, -0.1) is 0 Å². The summed E-state index contributed by atoms with van der Waals surface area (Å²) in [6, 6.07) is 8.46. The third-order valence-electron chi connectivity index (χ3n) is 4.11. The number of carbonyl (C=O) groups excluding carboxylic acids is 1. The van der Waals surface area contributed by atoms with E-state index in [0.29, 0.717) is 5.52 Å². The molecule has 9 heteroatoms. The molecule has 1 aromatic heterocycles. The van der Waals surface area contributed by atoms with Crippen molar-refractivity contribution in [3.63, 3.8) is 0 Å². The van der Waals surface area contributed by atoms with Crippen molar-refractivity contribution in [3.05, 3.63) is 62.6 Å².